The number of ketones is 1. The molecule has 0 bridgehead atoms. The number of aromatic nitrogens is 1. The van der Waals surface area contributed by atoms with Crippen LogP contribution in [-0.4, -0.2) is 16.7 Å². The van der Waals surface area contributed by atoms with Gasteiger partial charge >= 0.3 is 6.36 Å². The summed E-state index contributed by atoms with van der Waals surface area (Å²) in [5.41, 5.74) is 1.32. The monoisotopic (exact) mass is 344 g/mol. The van der Waals surface area contributed by atoms with E-state index in [1.165, 1.54) is 42.5 Å². The molecule has 0 saturated carbocycles. The Bertz CT molecular complexity index is 774. The fraction of sp³-hybridized carbons (Fsp3) is 0.333. The number of Topliss-reactive ketones (excluding diaryl/α,β-unsaturated/α-hetero) is 1. The van der Waals surface area contributed by atoms with E-state index in [1.807, 2.05) is 18.4 Å². The van der Waals surface area contributed by atoms with Gasteiger partial charge in [-0.15, -0.1) is 13.2 Å². The summed E-state index contributed by atoms with van der Waals surface area (Å²) in [6, 6.07) is 5.27. The van der Waals surface area contributed by atoms with Crippen LogP contribution in [0.3, 0.4) is 0 Å². The van der Waals surface area contributed by atoms with Crippen LogP contribution in [0.5, 0.6) is 5.75 Å². The van der Waals surface area contributed by atoms with Gasteiger partial charge in [-0.3, -0.25) is 4.79 Å². The predicted molar refractivity (Wildman–Crippen MR) is 81.1 cm³/mol. The minimum Gasteiger partial charge on any atom is -0.406 e. The second kappa shape index (κ2) is 6.57. The maximum absolute atomic E-state index is 12.1. The number of nitrogens with zero attached hydrogens (tertiary/aromatic N) is 2. The van der Waals surface area contributed by atoms with E-state index in [-0.39, 0.29) is 11.5 Å². The topological polar surface area (TPSA) is 43.6 Å². The van der Waals surface area contributed by atoms with Crippen LogP contribution in [0.1, 0.15) is 29.2 Å². The number of ether oxygens (including phenoxy) is 1. The molecule has 23 heavy (non-hydrogen) atoms. The van der Waals surface area contributed by atoms with Crippen molar-refractivity contribution in [3.8, 4) is 5.75 Å². The second-order valence-corrected chi connectivity index (χ2v) is 5.73. The van der Waals surface area contributed by atoms with E-state index >= 15 is 0 Å². The van der Waals surface area contributed by atoms with Gasteiger partial charge in [-0.1, -0.05) is 11.3 Å². The second-order valence-electron chi connectivity index (χ2n) is 4.75. The van der Waals surface area contributed by atoms with E-state index < -0.39 is 6.36 Å². The summed E-state index contributed by atoms with van der Waals surface area (Å²) in [6.07, 6.45) is -4.72. The first-order valence-corrected chi connectivity index (χ1v) is 7.64. The molecule has 0 aliphatic rings. The van der Waals surface area contributed by atoms with Crippen molar-refractivity contribution in [1.82, 2.24) is 4.57 Å². The first-order valence-electron chi connectivity index (χ1n) is 6.83. The van der Waals surface area contributed by atoms with Crippen LogP contribution >= 0.6 is 11.3 Å². The number of thiazole rings is 1. The van der Waals surface area contributed by atoms with Gasteiger partial charge in [0.25, 0.3) is 0 Å². The molecule has 2 aromatic rings. The van der Waals surface area contributed by atoms with Gasteiger partial charge in [-0.05, 0) is 38.1 Å². The van der Waals surface area contributed by atoms with Crippen LogP contribution in [0.25, 0.3) is 0 Å². The van der Waals surface area contributed by atoms with Gasteiger partial charge in [0.1, 0.15) is 5.75 Å². The number of benzene rings is 1. The number of hydrogen-bond donors (Lipinski definition) is 0. The van der Waals surface area contributed by atoms with Crippen molar-refractivity contribution in [3.63, 3.8) is 0 Å². The highest BCUT2D eigenvalue weighted by molar-refractivity contribution is 7.11. The third-order valence-electron chi connectivity index (χ3n) is 3.09. The zero-order valence-electron chi connectivity index (χ0n) is 12.8. The molecule has 124 valence electrons. The van der Waals surface area contributed by atoms with E-state index in [4.69, 9.17) is 0 Å². The molecule has 0 amide bonds. The SMILES string of the molecule is CCn1c(C)c(C(C)=O)s/c1=N\c1ccc(OC(F)(F)F)cc1. The van der Waals surface area contributed by atoms with Gasteiger partial charge in [-0.2, -0.15) is 0 Å². The molecule has 0 spiro atoms. The maximum atomic E-state index is 12.1. The average molecular weight is 344 g/mol. The largest absolute Gasteiger partial charge is 0.573 e. The molecule has 0 fully saturated rings. The molecule has 0 saturated heterocycles. The van der Waals surface area contributed by atoms with Crippen LogP contribution in [0.15, 0.2) is 29.3 Å². The fourth-order valence-corrected chi connectivity index (χ4v) is 3.21. The molecule has 1 heterocycles. The van der Waals surface area contributed by atoms with Crippen LogP contribution in [0.2, 0.25) is 0 Å². The first kappa shape index (κ1) is 17.3. The van der Waals surface area contributed by atoms with Crippen LogP contribution in [-0.2, 0) is 6.54 Å². The molecular formula is C15H15F3N2O2S. The van der Waals surface area contributed by atoms with Gasteiger partial charge in [0.2, 0.25) is 0 Å². The minimum atomic E-state index is -4.72. The highest BCUT2D eigenvalue weighted by Crippen LogP contribution is 2.25. The van der Waals surface area contributed by atoms with Crippen molar-refractivity contribution in [2.24, 2.45) is 4.99 Å². The minimum absolute atomic E-state index is 0.0370. The van der Waals surface area contributed by atoms with E-state index in [0.29, 0.717) is 21.9 Å². The molecule has 0 radical (unpaired) electrons. The smallest absolute Gasteiger partial charge is 0.406 e. The molecule has 0 N–H and O–H groups in total. The summed E-state index contributed by atoms with van der Waals surface area (Å²) in [5, 5.41) is 0. The first-order chi connectivity index (χ1) is 10.7. The van der Waals surface area contributed by atoms with Crippen molar-refractivity contribution in [1.29, 1.82) is 0 Å². The van der Waals surface area contributed by atoms with E-state index in [2.05, 4.69) is 9.73 Å². The molecule has 8 heteroatoms. The molecule has 0 unspecified atom stereocenters. The maximum Gasteiger partial charge on any atom is 0.573 e. The van der Waals surface area contributed by atoms with Gasteiger partial charge in [0.05, 0.1) is 10.6 Å². The Morgan fingerprint density at radius 2 is 1.91 bits per heavy atom. The average Bonchev–Trinajstić information content (AvgIpc) is 2.75. The van der Waals surface area contributed by atoms with Crippen LogP contribution in [0.4, 0.5) is 18.9 Å². The molecule has 4 nitrogen and oxygen atoms in total. The van der Waals surface area contributed by atoms with E-state index in [1.54, 1.807) is 0 Å². The Morgan fingerprint density at radius 3 is 2.39 bits per heavy atom. The highest BCUT2D eigenvalue weighted by atomic mass is 32.1. The third kappa shape index (κ3) is 4.22. The molecule has 1 aromatic carbocycles. The van der Waals surface area contributed by atoms with E-state index in [0.717, 1.165) is 5.69 Å². The van der Waals surface area contributed by atoms with Gasteiger partial charge in [-0.25, -0.2) is 4.99 Å². The number of carbonyl (C=O) groups is 1. The van der Waals surface area contributed by atoms with Crippen molar-refractivity contribution >= 4 is 22.8 Å². The quantitative estimate of drug-likeness (QED) is 0.780. The van der Waals surface area contributed by atoms with Crippen molar-refractivity contribution in [2.45, 2.75) is 33.7 Å². The van der Waals surface area contributed by atoms with E-state index in [9.17, 15) is 18.0 Å². The molecular weight excluding hydrogens is 329 g/mol. The molecule has 1 aromatic heterocycles. The zero-order valence-corrected chi connectivity index (χ0v) is 13.6. The molecule has 0 atom stereocenters. The normalized spacial score (nSPS) is 12.5. The third-order valence-corrected chi connectivity index (χ3v) is 4.37. The Kier molecular flexibility index (Phi) is 4.93. The molecule has 2 rings (SSSR count). The Morgan fingerprint density at radius 1 is 1.30 bits per heavy atom. The molecule has 0 aliphatic heterocycles. The van der Waals surface area contributed by atoms with Crippen LogP contribution < -0.4 is 9.54 Å². The Labute approximate surface area is 134 Å². The summed E-state index contributed by atoms with van der Waals surface area (Å²) < 4.78 is 42.1. The number of hydrogen-bond acceptors (Lipinski definition) is 4. The van der Waals surface area contributed by atoms with Crippen LogP contribution in [0, 0.1) is 6.92 Å². The lowest BCUT2D eigenvalue weighted by Gasteiger charge is -2.08. The van der Waals surface area contributed by atoms with Gasteiger partial charge in [0, 0.05) is 19.2 Å². The number of rotatable bonds is 4. The number of alkyl halides is 3. The van der Waals surface area contributed by atoms with Crippen molar-refractivity contribution in [3.05, 3.63) is 39.6 Å². The Balaban J connectivity index is 2.39. The predicted octanol–water partition coefficient (Wildman–Crippen LogP) is 4.21. The van der Waals surface area contributed by atoms with Gasteiger partial charge < -0.3 is 9.30 Å². The number of carbonyl (C=O) groups excluding carboxylic acids is 1. The lowest BCUT2D eigenvalue weighted by Crippen LogP contribution is -2.17. The molecule has 0 aliphatic carbocycles. The standard InChI is InChI=1S/C15H15F3N2O2S/c1-4-20-9(2)13(10(3)21)23-14(20)19-11-5-7-12(8-6-11)22-15(16,17)18/h5-8H,4H2,1-3H3/b19-14-. The summed E-state index contributed by atoms with van der Waals surface area (Å²) in [5.74, 6) is -0.336. The summed E-state index contributed by atoms with van der Waals surface area (Å²) in [4.78, 5) is 17.3. The summed E-state index contributed by atoms with van der Waals surface area (Å²) >= 11 is 1.26. The highest BCUT2D eigenvalue weighted by Gasteiger charge is 2.30. The van der Waals surface area contributed by atoms with Gasteiger partial charge in [0.15, 0.2) is 10.6 Å². The van der Waals surface area contributed by atoms with Crippen molar-refractivity contribution < 1.29 is 22.7 Å². The lowest BCUT2D eigenvalue weighted by molar-refractivity contribution is -0.274. The Hall–Kier alpha value is -2.09. The zero-order chi connectivity index (χ0) is 17.2. The fourth-order valence-electron chi connectivity index (χ4n) is 2.10. The summed E-state index contributed by atoms with van der Waals surface area (Å²) in [7, 11) is 0. The number of halogens is 3. The summed E-state index contributed by atoms with van der Waals surface area (Å²) in [6.45, 7) is 5.91. The van der Waals surface area contributed by atoms with Crippen molar-refractivity contribution in [2.75, 3.05) is 0 Å². The lowest BCUT2D eigenvalue weighted by atomic mass is 10.3.